The summed E-state index contributed by atoms with van der Waals surface area (Å²) in [5.74, 6) is 2.65. The first-order valence-corrected chi connectivity index (χ1v) is 7.34. The van der Waals surface area contributed by atoms with Crippen LogP contribution in [0.5, 0.6) is 0 Å². The van der Waals surface area contributed by atoms with Gasteiger partial charge in [-0.25, -0.2) is 9.97 Å². The Balaban J connectivity index is 2.21. The van der Waals surface area contributed by atoms with Gasteiger partial charge in [0, 0.05) is 31.2 Å². The second-order valence-electron chi connectivity index (χ2n) is 6.39. The number of hydrogen-bond donors (Lipinski definition) is 2. The number of anilines is 2. The first-order valence-electron chi connectivity index (χ1n) is 7.34. The zero-order valence-electron chi connectivity index (χ0n) is 13.2. The lowest BCUT2D eigenvalue weighted by Crippen LogP contribution is -2.23. The molecule has 1 unspecified atom stereocenters. The molecule has 1 saturated heterocycles. The van der Waals surface area contributed by atoms with Crippen molar-refractivity contribution in [3.05, 3.63) is 11.4 Å². The first kappa shape index (κ1) is 15.0. The maximum Gasteiger partial charge on any atom is 0.138 e. The minimum absolute atomic E-state index is 0.0699. The van der Waals surface area contributed by atoms with E-state index in [0.717, 1.165) is 49.0 Å². The summed E-state index contributed by atoms with van der Waals surface area (Å²) in [5, 5.41) is 6.58. The van der Waals surface area contributed by atoms with Gasteiger partial charge in [-0.15, -0.1) is 0 Å². The van der Waals surface area contributed by atoms with E-state index in [1.807, 2.05) is 14.0 Å². The Morgan fingerprint density at radius 3 is 2.50 bits per heavy atom. The third kappa shape index (κ3) is 3.39. The van der Waals surface area contributed by atoms with Gasteiger partial charge >= 0.3 is 0 Å². The number of aromatic nitrogens is 2. The van der Waals surface area contributed by atoms with Crippen molar-refractivity contribution in [3.8, 4) is 0 Å². The fourth-order valence-corrected chi connectivity index (χ4v) is 2.28. The number of rotatable bonds is 4. The van der Waals surface area contributed by atoms with Gasteiger partial charge in [0.1, 0.15) is 17.5 Å². The highest BCUT2D eigenvalue weighted by atomic mass is 16.5. The summed E-state index contributed by atoms with van der Waals surface area (Å²) < 4.78 is 5.65. The largest absolute Gasteiger partial charge is 0.376 e. The Hall–Kier alpha value is -1.36. The second kappa shape index (κ2) is 5.95. The third-order valence-electron chi connectivity index (χ3n) is 3.57. The Kier molecular flexibility index (Phi) is 4.48. The van der Waals surface area contributed by atoms with Crippen LogP contribution in [0, 0.1) is 6.92 Å². The lowest BCUT2D eigenvalue weighted by molar-refractivity contribution is 0.120. The molecule has 112 valence electrons. The molecule has 2 rings (SSSR count). The lowest BCUT2D eigenvalue weighted by atomic mass is 9.95. The minimum atomic E-state index is -0.0699. The van der Waals surface area contributed by atoms with Gasteiger partial charge in [-0.05, 0) is 19.8 Å². The van der Waals surface area contributed by atoms with Crippen LogP contribution in [0.4, 0.5) is 11.6 Å². The summed E-state index contributed by atoms with van der Waals surface area (Å²) in [7, 11) is 1.89. The molecule has 0 amide bonds. The van der Waals surface area contributed by atoms with E-state index >= 15 is 0 Å². The number of ether oxygens (including phenoxy) is 1. The standard InChI is InChI=1S/C15H26N4O/c1-10-12(16-5)18-14(15(2,3)4)19-13(10)17-9-11-7-6-8-20-11/h11H,6-9H2,1-5H3,(H2,16,17,18,19). The van der Waals surface area contributed by atoms with Crippen molar-refractivity contribution in [1.29, 1.82) is 0 Å². The maximum absolute atomic E-state index is 5.65. The molecule has 2 heterocycles. The molecule has 0 bridgehead atoms. The molecule has 5 heteroatoms. The monoisotopic (exact) mass is 278 g/mol. The molecule has 1 aromatic rings. The molecule has 20 heavy (non-hydrogen) atoms. The Labute approximate surface area is 121 Å². The van der Waals surface area contributed by atoms with Crippen molar-refractivity contribution in [2.45, 2.75) is 52.1 Å². The van der Waals surface area contributed by atoms with Crippen LogP contribution in [0.25, 0.3) is 0 Å². The van der Waals surface area contributed by atoms with Gasteiger partial charge < -0.3 is 15.4 Å². The Morgan fingerprint density at radius 1 is 1.25 bits per heavy atom. The highest BCUT2D eigenvalue weighted by Crippen LogP contribution is 2.26. The quantitative estimate of drug-likeness (QED) is 0.887. The number of hydrogen-bond acceptors (Lipinski definition) is 5. The van der Waals surface area contributed by atoms with Crippen LogP contribution in [0.2, 0.25) is 0 Å². The van der Waals surface area contributed by atoms with E-state index in [2.05, 4.69) is 36.4 Å². The first-order chi connectivity index (χ1) is 9.41. The molecular formula is C15H26N4O. The van der Waals surface area contributed by atoms with E-state index in [0.29, 0.717) is 6.10 Å². The normalized spacial score (nSPS) is 19.1. The van der Waals surface area contributed by atoms with Crippen molar-refractivity contribution in [1.82, 2.24) is 9.97 Å². The molecule has 0 saturated carbocycles. The third-order valence-corrected chi connectivity index (χ3v) is 3.57. The van der Waals surface area contributed by atoms with Crippen LogP contribution in [0.15, 0.2) is 0 Å². The molecule has 0 radical (unpaired) electrons. The molecule has 1 fully saturated rings. The topological polar surface area (TPSA) is 59.1 Å². The van der Waals surface area contributed by atoms with Gasteiger partial charge in [0.15, 0.2) is 0 Å². The van der Waals surface area contributed by atoms with Crippen molar-refractivity contribution < 1.29 is 4.74 Å². The fourth-order valence-electron chi connectivity index (χ4n) is 2.28. The number of nitrogens with one attached hydrogen (secondary N) is 2. The second-order valence-corrected chi connectivity index (χ2v) is 6.39. The van der Waals surface area contributed by atoms with Crippen LogP contribution in [0.1, 0.15) is 45.0 Å². The smallest absolute Gasteiger partial charge is 0.138 e. The lowest BCUT2D eigenvalue weighted by Gasteiger charge is -2.21. The Morgan fingerprint density at radius 2 is 1.95 bits per heavy atom. The minimum Gasteiger partial charge on any atom is -0.376 e. The molecule has 0 aromatic carbocycles. The van der Waals surface area contributed by atoms with Crippen LogP contribution in [-0.4, -0.2) is 36.3 Å². The summed E-state index contributed by atoms with van der Waals surface area (Å²) in [6, 6.07) is 0. The van der Waals surface area contributed by atoms with E-state index in [-0.39, 0.29) is 5.41 Å². The van der Waals surface area contributed by atoms with Gasteiger partial charge in [0.25, 0.3) is 0 Å². The van der Waals surface area contributed by atoms with E-state index < -0.39 is 0 Å². The highest BCUT2D eigenvalue weighted by Gasteiger charge is 2.22. The average molecular weight is 278 g/mol. The van der Waals surface area contributed by atoms with Crippen molar-refractivity contribution in [2.24, 2.45) is 0 Å². The zero-order valence-corrected chi connectivity index (χ0v) is 13.2. The molecule has 2 N–H and O–H groups in total. The van der Waals surface area contributed by atoms with E-state index in [9.17, 15) is 0 Å². The summed E-state index contributed by atoms with van der Waals surface area (Å²) in [5.41, 5.74) is 0.984. The molecule has 5 nitrogen and oxygen atoms in total. The summed E-state index contributed by atoms with van der Waals surface area (Å²) >= 11 is 0. The zero-order chi connectivity index (χ0) is 14.8. The number of nitrogens with zero attached hydrogens (tertiary/aromatic N) is 2. The predicted octanol–water partition coefficient (Wildman–Crippen LogP) is 2.72. The van der Waals surface area contributed by atoms with E-state index in [1.165, 1.54) is 0 Å². The summed E-state index contributed by atoms with van der Waals surface area (Å²) in [4.78, 5) is 9.30. The van der Waals surface area contributed by atoms with Crippen molar-refractivity contribution >= 4 is 11.6 Å². The fraction of sp³-hybridized carbons (Fsp3) is 0.733. The van der Waals surface area contributed by atoms with Crippen molar-refractivity contribution in [3.63, 3.8) is 0 Å². The van der Waals surface area contributed by atoms with Gasteiger partial charge in [-0.3, -0.25) is 0 Å². The summed E-state index contributed by atoms with van der Waals surface area (Å²) in [6.07, 6.45) is 2.59. The van der Waals surface area contributed by atoms with Gasteiger partial charge in [0.05, 0.1) is 6.10 Å². The maximum atomic E-state index is 5.65. The molecule has 1 atom stereocenters. The molecule has 1 aromatic heterocycles. The van der Waals surface area contributed by atoms with Crippen LogP contribution in [0.3, 0.4) is 0 Å². The van der Waals surface area contributed by atoms with Gasteiger partial charge in [-0.1, -0.05) is 20.8 Å². The summed E-state index contributed by atoms with van der Waals surface area (Å²) in [6.45, 7) is 10.1. The predicted molar refractivity (Wildman–Crippen MR) is 82.5 cm³/mol. The molecular weight excluding hydrogens is 252 g/mol. The van der Waals surface area contributed by atoms with Crippen molar-refractivity contribution in [2.75, 3.05) is 30.8 Å². The average Bonchev–Trinajstić information content (AvgIpc) is 2.89. The van der Waals surface area contributed by atoms with E-state index in [1.54, 1.807) is 0 Å². The van der Waals surface area contributed by atoms with E-state index in [4.69, 9.17) is 9.72 Å². The van der Waals surface area contributed by atoms with Crippen LogP contribution < -0.4 is 10.6 Å². The molecule has 1 aliphatic heterocycles. The van der Waals surface area contributed by atoms with Gasteiger partial charge in [-0.2, -0.15) is 0 Å². The molecule has 1 aliphatic rings. The molecule has 0 aliphatic carbocycles. The van der Waals surface area contributed by atoms with Gasteiger partial charge in [0.2, 0.25) is 0 Å². The highest BCUT2D eigenvalue weighted by molar-refractivity contribution is 5.57. The van der Waals surface area contributed by atoms with Crippen LogP contribution in [-0.2, 0) is 10.2 Å². The molecule has 0 spiro atoms. The Bertz CT molecular complexity index is 462. The van der Waals surface area contributed by atoms with Crippen LogP contribution >= 0.6 is 0 Å². The SMILES string of the molecule is CNc1nc(C(C)(C)C)nc(NCC2CCCO2)c1C.